The largest absolute Gasteiger partial charge is 0.393 e. The molecule has 254 valence electrons. The molecule has 0 saturated heterocycles. The molecular formula is C36H52N2O8. The molecule has 1 heterocycles. The van der Waals surface area contributed by atoms with Gasteiger partial charge in [0.1, 0.15) is 22.8 Å². The van der Waals surface area contributed by atoms with Gasteiger partial charge in [-0.25, -0.2) is 0 Å². The molecule has 1 aromatic carbocycles. The summed E-state index contributed by atoms with van der Waals surface area (Å²) in [7, 11) is 0. The number of amides is 1. The second-order valence-electron chi connectivity index (χ2n) is 12.5. The lowest BCUT2D eigenvalue weighted by molar-refractivity contribution is -0.123. The summed E-state index contributed by atoms with van der Waals surface area (Å²) in [6, 6.07) is 10.5. The van der Waals surface area contributed by atoms with Crippen LogP contribution < -0.4 is 5.32 Å². The minimum absolute atomic E-state index is 0.00596. The van der Waals surface area contributed by atoms with Crippen molar-refractivity contribution < 1.29 is 38.5 Å². The molecule has 2 N–H and O–H groups in total. The average molecular weight is 641 g/mol. The first-order chi connectivity index (χ1) is 21.9. The molecule has 2 aromatic rings. The van der Waals surface area contributed by atoms with Crippen molar-refractivity contribution in [3.63, 3.8) is 0 Å². The van der Waals surface area contributed by atoms with Crippen LogP contribution in [0.1, 0.15) is 94.5 Å². The van der Waals surface area contributed by atoms with E-state index < -0.39 is 11.6 Å². The molecule has 0 aliphatic rings. The number of ether oxygens (including phenoxy) is 3. The number of ketones is 3. The molecule has 0 aliphatic carbocycles. The predicted octanol–water partition coefficient (Wildman–Crippen LogP) is 5.25. The third-order valence-corrected chi connectivity index (χ3v) is 7.64. The number of nitrogens with one attached hydrogen (secondary N) is 1. The van der Waals surface area contributed by atoms with E-state index >= 15 is 0 Å². The smallest absolute Gasteiger partial charge is 0.251 e. The Labute approximate surface area is 273 Å². The molecule has 0 aliphatic heterocycles. The van der Waals surface area contributed by atoms with E-state index in [9.17, 15) is 24.3 Å². The average Bonchev–Trinajstić information content (AvgIpc) is 3.03. The van der Waals surface area contributed by atoms with Gasteiger partial charge < -0.3 is 24.6 Å². The molecule has 1 aromatic heterocycles. The number of hydrogen-bond acceptors (Lipinski definition) is 9. The van der Waals surface area contributed by atoms with Gasteiger partial charge in [0.25, 0.3) is 5.91 Å². The summed E-state index contributed by atoms with van der Waals surface area (Å²) in [6.07, 6.45) is 3.24. The van der Waals surface area contributed by atoms with Crippen LogP contribution in [-0.2, 0) is 23.8 Å². The summed E-state index contributed by atoms with van der Waals surface area (Å²) in [5.41, 5.74) is 1.27. The first-order valence-corrected chi connectivity index (χ1v) is 16.2. The molecule has 0 fully saturated rings. The van der Waals surface area contributed by atoms with Gasteiger partial charge in [0.2, 0.25) is 0 Å². The van der Waals surface area contributed by atoms with Crippen LogP contribution in [0.15, 0.2) is 42.6 Å². The lowest BCUT2D eigenvalue weighted by Crippen LogP contribution is -2.58. The zero-order valence-electron chi connectivity index (χ0n) is 28.3. The maximum Gasteiger partial charge on any atom is 0.251 e. The molecule has 10 nitrogen and oxygen atoms in total. The summed E-state index contributed by atoms with van der Waals surface area (Å²) >= 11 is 0. The molecule has 2 rings (SSSR count). The van der Waals surface area contributed by atoms with Crippen LogP contribution in [0.4, 0.5) is 0 Å². The minimum Gasteiger partial charge on any atom is -0.393 e. The van der Waals surface area contributed by atoms with E-state index in [2.05, 4.69) is 10.3 Å². The Morgan fingerprint density at radius 1 is 0.826 bits per heavy atom. The second-order valence-corrected chi connectivity index (χ2v) is 12.5. The molecular weight excluding hydrogens is 588 g/mol. The molecule has 0 bridgehead atoms. The third kappa shape index (κ3) is 13.6. The zero-order chi connectivity index (χ0) is 34.1. The Bertz CT molecular complexity index is 1240. The van der Waals surface area contributed by atoms with Gasteiger partial charge in [-0.2, -0.15) is 0 Å². The number of Topliss-reactive ketones (excluding diaryl/α,β-unsaturated/α-hetero) is 3. The first kappa shape index (κ1) is 38.9. The van der Waals surface area contributed by atoms with Crippen molar-refractivity contribution >= 4 is 23.3 Å². The Kier molecular flexibility index (Phi) is 16.9. The second kappa shape index (κ2) is 20.0. The Morgan fingerprint density at radius 2 is 1.41 bits per heavy atom. The van der Waals surface area contributed by atoms with Crippen LogP contribution in [0.3, 0.4) is 0 Å². The van der Waals surface area contributed by atoms with Crippen molar-refractivity contribution in [1.82, 2.24) is 10.3 Å². The molecule has 2 atom stereocenters. The third-order valence-electron chi connectivity index (χ3n) is 7.64. The van der Waals surface area contributed by atoms with Gasteiger partial charge >= 0.3 is 0 Å². The predicted molar refractivity (Wildman–Crippen MR) is 177 cm³/mol. The number of pyridine rings is 1. The normalized spacial score (nSPS) is 13.4. The van der Waals surface area contributed by atoms with Crippen LogP contribution in [0.2, 0.25) is 0 Å². The standard InChI is InChI=1S/C36H52N2O8/c1-7-8-31(40)15-18-44-22-36(23-45-19-16-33(41)25(2)3,24-46-20-17-34(42)26(4)5)38-35(43)29-11-9-28(10-12-29)30-13-14-32(27(6)39)37-21-30/h9-14,21,25-26,33,41H,7-8,15-20,22-24H2,1-6H3,(H,38,43). The van der Waals surface area contributed by atoms with Gasteiger partial charge in [0, 0.05) is 56.0 Å². The fourth-order valence-corrected chi connectivity index (χ4v) is 4.52. The lowest BCUT2D eigenvalue weighted by Gasteiger charge is -2.34. The van der Waals surface area contributed by atoms with Crippen molar-refractivity contribution in [2.75, 3.05) is 39.6 Å². The number of aliphatic hydroxyl groups excluding tert-OH is 1. The molecule has 1 amide bonds. The number of nitrogens with zero attached hydrogens (tertiary/aromatic N) is 1. The van der Waals surface area contributed by atoms with Gasteiger partial charge in [0.15, 0.2) is 5.78 Å². The summed E-state index contributed by atoms with van der Waals surface area (Å²) in [4.78, 5) is 53.7. The topological polar surface area (TPSA) is 141 Å². The molecule has 0 radical (unpaired) electrons. The Hall–Kier alpha value is -3.31. The highest BCUT2D eigenvalue weighted by molar-refractivity contribution is 5.95. The summed E-state index contributed by atoms with van der Waals surface area (Å²) in [5, 5.41) is 13.3. The number of benzene rings is 1. The highest BCUT2D eigenvalue weighted by atomic mass is 16.5. The molecule has 46 heavy (non-hydrogen) atoms. The molecule has 10 heteroatoms. The van der Waals surface area contributed by atoms with Gasteiger partial charge in [-0.05, 0) is 42.5 Å². The van der Waals surface area contributed by atoms with Crippen molar-refractivity contribution in [2.24, 2.45) is 11.8 Å². The van der Waals surface area contributed by atoms with Gasteiger partial charge in [-0.15, -0.1) is 0 Å². The van der Waals surface area contributed by atoms with Crippen molar-refractivity contribution in [1.29, 1.82) is 0 Å². The molecule has 0 spiro atoms. The van der Waals surface area contributed by atoms with Gasteiger partial charge in [-0.1, -0.05) is 52.8 Å². The van der Waals surface area contributed by atoms with E-state index in [0.29, 0.717) is 24.1 Å². The van der Waals surface area contributed by atoms with Crippen LogP contribution in [-0.4, -0.2) is 84.6 Å². The van der Waals surface area contributed by atoms with E-state index in [-0.39, 0.29) is 87.6 Å². The van der Waals surface area contributed by atoms with Crippen molar-refractivity contribution in [3.05, 3.63) is 53.9 Å². The summed E-state index contributed by atoms with van der Waals surface area (Å²) in [6.45, 7) is 11.6. The SMILES string of the molecule is CCCC(=O)CCOCC(COCCC(=O)C(C)C)(COCCC(O)C(C)C)NC(=O)c1ccc(-c2ccc(C(C)=O)nc2)cc1. The van der Waals surface area contributed by atoms with E-state index in [0.717, 1.165) is 17.5 Å². The summed E-state index contributed by atoms with van der Waals surface area (Å²) in [5.74, 6) is -0.358. The Balaban J connectivity index is 2.25. The highest BCUT2D eigenvalue weighted by Crippen LogP contribution is 2.20. The van der Waals surface area contributed by atoms with Crippen molar-refractivity contribution in [2.45, 2.75) is 85.3 Å². The number of rotatable bonds is 23. The monoisotopic (exact) mass is 640 g/mol. The maximum atomic E-state index is 13.6. The minimum atomic E-state index is -1.14. The lowest BCUT2D eigenvalue weighted by atomic mass is 10.0. The van der Waals surface area contributed by atoms with Crippen LogP contribution in [0.25, 0.3) is 11.1 Å². The number of aliphatic hydroxyl groups is 1. The summed E-state index contributed by atoms with van der Waals surface area (Å²) < 4.78 is 17.9. The van der Waals surface area contributed by atoms with E-state index in [1.54, 1.807) is 42.6 Å². The fourth-order valence-electron chi connectivity index (χ4n) is 4.52. The van der Waals surface area contributed by atoms with E-state index in [4.69, 9.17) is 14.2 Å². The molecule has 0 saturated carbocycles. The quantitative estimate of drug-likeness (QED) is 0.123. The van der Waals surface area contributed by atoms with E-state index in [1.807, 2.05) is 34.6 Å². The van der Waals surface area contributed by atoms with Crippen LogP contribution >= 0.6 is 0 Å². The zero-order valence-corrected chi connectivity index (χ0v) is 28.3. The number of aromatic nitrogens is 1. The Morgan fingerprint density at radius 3 is 1.93 bits per heavy atom. The fraction of sp³-hybridized carbons (Fsp3) is 0.583. The van der Waals surface area contributed by atoms with Crippen LogP contribution in [0, 0.1) is 11.8 Å². The van der Waals surface area contributed by atoms with Crippen molar-refractivity contribution in [3.8, 4) is 11.1 Å². The molecule has 2 unspecified atom stereocenters. The first-order valence-electron chi connectivity index (χ1n) is 16.2. The number of carbonyl (C=O) groups excluding carboxylic acids is 4. The van der Waals surface area contributed by atoms with Crippen LogP contribution in [0.5, 0.6) is 0 Å². The number of hydrogen-bond donors (Lipinski definition) is 2. The highest BCUT2D eigenvalue weighted by Gasteiger charge is 2.34. The number of carbonyl (C=O) groups is 4. The maximum absolute atomic E-state index is 13.6. The van der Waals surface area contributed by atoms with Gasteiger partial charge in [-0.3, -0.25) is 24.2 Å². The van der Waals surface area contributed by atoms with E-state index in [1.165, 1.54) is 6.92 Å². The van der Waals surface area contributed by atoms with Gasteiger partial charge in [0.05, 0.1) is 39.1 Å².